The predicted molar refractivity (Wildman–Crippen MR) is 64.9 cm³/mol. The Bertz CT molecular complexity index is 438. The first kappa shape index (κ1) is 10.9. The van der Waals surface area contributed by atoms with Crippen LogP contribution in [-0.2, 0) is 6.54 Å². The summed E-state index contributed by atoms with van der Waals surface area (Å²) < 4.78 is 6.30. The lowest BCUT2D eigenvalue weighted by Gasteiger charge is -1.94. The Morgan fingerprint density at radius 1 is 1.60 bits per heavy atom. The van der Waals surface area contributed by atoms with E-state index in [1.165, 1.54) is 4.88 Å². The number of furan rings is 1. The molecule has 2 heterocycles. The first-order valence-electron chi connectivity index (χ1n) is 4.70. The molecule has 0 atom stereocenters. The molecule has 0 saturated carbocycles. The van der Waals surface area contributed by atoms with Crippen LogP contribution in [0.25, 0.3) is 10.8 Å². The molecule has 0 amide bonds. The Labute approximate surface area is 101 Å². The van der Waals surface area contributed by atoms with Gasteiger partial charge in [0, 0.05) is 17.6 Å². The maximum atomic E-state index is 5.35. The average molecular weight is 287 g/mol. The lowest BCUT2D eigenvalue weighted by Crippen LogP contribution is -2.10. The van der Waals surface area contributed by atoms with E-state index in [-0.39, 0.29) is 0 Å². The molecular weight excluding hydrogens is 276 g/mol. The van der Waals surface area contributed by atoms with Gasteiger partial charge in [-0.05, 0) is 28.5 Å². The maximum Gasteiger partial charge on any atom is 0.176 e. The van der Waals surface area contributed by atoms with Crippen LogP contribution in [0.15, 0.2) is 27.4 Å². The Morgan fingerprint density at radius 2 is 2.47 bits per heavy atom. The van der Waals surface area contributed by atoms with Gasteiger partial charge in [0.25, 0.3) is 0 Å². The molecule has 2 aromatic heterocycles. The second-order valence-electron chi connectivity index (χ2n) is 3.01. The van der Waals surface area contributed by atoms with Gasteiger partial charge in [-0.15, -0.1) is 11.3 Å². The van der Waals surface area contributed by atoms with Crippen molar-refractivity contribution in [2.45, 2.75) is 13.5 Å². The molecule has 0 aliphatic heterocycles. The Kier molecular flexibility index (Phi) is 3.56. The number of halogens is 1. The van der Waals surface area contributed by atoms with Crippen molar-refractivity contribution in [1.29, 1.82) is 0 Å². The molecule has 15 heavy (non-hydrogen) atoms. The topological polar surface area (TPSA) is 38.1 Å². The van der Waals surface area contributed by atoms with E-state index in [2.05, 4.69) is 33.2 Å². The Morgan fingerprint density at radius 3 is 3.13 bits per heavy atom. The molecule has 0 bridgehead atoms. The highest BCUT2D eigenvalue weighted by molar-refractivity contribution is 9.10. The van der Waals surface area contributed by atoms with Gasteiger partial charge in [-0.3, -0.25) is 0 Å². The number of aromatic nitrogens is 1. The van der Waals surface area contributed by atoms with Crippen LogP contribution in [0.4, 0.5) is 0 Å². The first-order valence-corrected chi connectivity index (χ1v) is 6.31. The molecule has 0 radical (unpaired) electrons. The number of nitrogens with one attached hydrogen (secondary N) is 1. The van der Waals surface area contributed by atoms with Crippen molar-refractivity contribution in [3.05, 3.63) is 27.9 Å². The standard InChI is InChI=1S/C10H11BrN2OS/c1-2-12-5-7-6-13-10(15-7)9-8(11)3-4-14-9/h3-4,6,12H,2,5H2,1H3. The number of hydrogen-bond acceptors (Lipinski definition) is 4. The van der Waals surface area contributed by atoms with E-state index in [1.807, 2.05) is 12.3 Å². The van der Waals surface area contributed by atoms with Gasteiger partial charge >= 0.3 is 0 Å². The van der Waals surface area contributed by atoms with E-state index >= 15 is 0 Å². The van der Waals surface area contributed by atoms with E-state index in [4.69, 9.17) is 4.42 Å². The third-order valence-corrected chi connectivity index (χ3v) is 3.53. The molecule has 5 heteroatoms. The zero-order chi connectivity index (χ0) is 10.7. The number of hydrogen-bond donors (Lipinski definition) is 1. The number of thiazole rings is 1. The second kappa shape index (κ2) is 4.92. The minimum absolute atomic E-state index is 0.808. The summed E-state index contributed by atoms with van der Waals surface area (Å²) in [5.74, 6) is 0.808. The van der Waals surface area contributed by atoms with Gasteiger partial charge < -0.3 is 9.73 Å². The summed E-state index contributed by atoms with van der Waals surface area (Å²) in [6, 6.07) is 1.88. The van der Waals surface area contributed by atoms with Gasteiger partial charge in [-0.1, -0.05) is 6.92 Å². The minimum atomic E-state index is 0.808. The summed E-state index contributed by atoms with van der Waals surface area (Å²) in [7, 11) is 0. The van der Waals surface area contributed by atoms with E-state index in [1.54, 1.807) is 17.6 Å². The molecule has 0 aromatic carbocycles. The third kappa shape index (κ3) is 2.48. The Hall–Kier alpha value is -0.650. The van der Waals surface area contributed by atoms with Crippen LogP contribution in [0.5, 0.6) is 0 Å². The zero-order valence-corrected chi connectivity index (χ0v) is 10.7. The highest BCUT2D eigenvalue weighted by Crippen LogP contribution is 2.32. The quantitative estimate of drug-likeness (QED) is 0.937. The van der Waals surface area contributed by atoms with Crippen molar-refractivity contribution in [2.24, 2.45) is 0 Å². The molecule has 3 nitrogen and oxygen atoms in total. The maximum absolute atomic E-state index is 5.35. The van der Waals surface area contributed by atoms with E-state index in [0.717, 1.165) is 28.3 Å². The van der Waals surface area contributed by atoms with E-state index in [9.17, 15) is 0 Å². The zero-order valence-electron chi connectivity index (χ0n) is 8.29. The van der Waals surface area contributed by atoms with Crippen LogP contribution in [0.2, 0.25) is 0 Å². The SMILES string of the molecule is CCNCc1cnc(-c2occc2Br)s1. The van der Waals surface area contributed by atoms with Crippen molar-refractivity contribution in [2.75, 3.05) is 6.54 Å². The molecule has 1 N–H and O–H groups in total. The van der Waals surface area contributed by atoms with Crippen LogP contribution in [0.3, 0.4) is 0 Å². The summed E-state index contributed by atoms with van der Waals surface area (Å²) in [5.41, 5.74) is 0. The van der Waals surface area contributed by atoms with Crippen LogP contribution in [0.1, 0.15) is 11.8 Å². The van der Waals surface area contributed by atoms with E-state index in [0.29, 0.717) is 0 Å². The average Bonchev–Trinajstić information content (AvgIpc) is 2.83. The predicted octanol–water partition coefficient (Wildman–Crippen LogP) is 3.28. The monoisotopic (exact) mass is 286 g/mol. The van der Waals surface area contributed by atoms with Gasteiger partial charge in [0.1, 0.15) is 0 Å². The molecule has 80 valence electrons. The number of rotatable bonds is 4. The minimum Gasteiger partial charge on any atom is -0.461 e. The summed E-state index contributed by atoms with van der Waals surface area (Å²) in [6.45, 7) is 3.93. The van der Waals surface area contributed by atoms with Gasteiger partial charge in [0.2, 0.25) is 0 Å². The molecule has 0 spiro atoms. The lowest BCUT2D eigenvalue weighted by molar-refractivity contribution is 0.580. The van der Waals surface area contributed by atoms with Crippen LogP contribution in [0, 0.1) is 0 Å². The molecule has 0 aliphatic rings. The second-order valence-corrected chi connectivity index (χ2v) is 4.98. The van der Waals surface area contributed by atoms with Gasteiger partial charge in [0.15, 0.2) is 10.8 Å². The third-order valence-electron chi connectivity index (χ3n) is 1.91. The largest absolute Gasteiger partial charge is 0.461 e. The molecule has 2 aromatic rings. The lowest BCUT2D eigenvalue weighted by atomic mass is 10.5. The van der Waals surface area contributed by atoms with Crippen LogP contribution in [-0.4, -0.2) is 11.5 Å². The highest BCUT2D eigenvalue weighted by Gasteiger charge is 2.10. The molecule has 0 fully saturated rings. The van der Waals surface area contributed by atoms with Crippen LogP contribution >= 0.6 is 27.3 Å². The van der Waals surface area contributed by atoms with Crippen molar-refractivity contribution in [3.8, 4) is 10.8 Å². The summed E-state index contributed by atoms with van der Waals surface area (Å²) in [4.78, 5) is 5.54. The Balaban J connectivity index is 2.17. The van der Waals surface area contributed by atoms with Gasteiger partial charge in [0.05, 0.1) is 10.7 Å². The molecule has 0 saturated heterocycles. The highest BCUT2D eigenvalue weighted by atomic mass is 79.9. The summed E-state index contributed by atoms with van der Waals surface area (Å²) >= 11 is 5.07. The van der Waals surface area contributed by atoms with Crippen molar-refractivity contribution in [1.82, 2.24) is 10.3 Å². The molecule has 0 unspecified atom stereocenters. The van der Waals surface area contributed by atoms with Gasteiger partial charge in [-0.25, -0.2) is 4.98 Å². The van der Waals surface area contributed by atoms with Crippen molar-refractivity contribution < 1.29 is 4.42 Å². The van der Waals surface area contributed by atoms with E-state index < -0.39 is 0 Å². The first-order chi connectivity index (χ1) is 7.31. The molecule has 2 rings (SSSR count). The van der Waals surface area contributed by atoms with Crippen molar-refractivity contribution >= 4 is 27.3 Å². The normalized spacial score (nSPS) is 10.8. The van der Waals surface area contributed by atoms with Crippen molar-refractivity contribution in [3.63, 3.8) is 0 Å². The fourth-order valence-corrected chi connectivity index (χ4v) is 2.59. The summed E-state index contributed by atoms with van der Waals surface area (Å²) in [5, 5.41) is 4.18. The summed E-state index contributed by atoms with van der Waals surface area (Å²) in [6.07, 6.45) is 3.54. The fourth-order valence-electron chi connectivity index (χ4n) is 1.19. The number of nitrogens with zero attached hydrogens (tertiary/aromatic N) is 1. The fraction of sp³-hybridized carbons (Fsp3) is 0.300. The van der Waals surface area contributed by atoms with Gasteiger partial charge in [-0.2, -0.15) is 0 Å². The molecule has 0 aliphatic carbocycles. The smallest absolute Gasteiger partial charge is 0.176 e. The van der Waals surface area contributed by atoms with Crippen LogP contribution < -0.4 is 5.32 Å². The molecular formula is C10H11BrN2OS.